The highest BCUT2D eigenvalue weighted by molar-refractivity contribution is 4.93. The molecular weight excluding hydrogens is 428 g/mol. The Morgan fingerprint density at radius 3 is 1.87 bits per heavy atom. The number of aliphatic hydroxyl groups excluding tert-OH is 9. The molecule has 3 aliphatic heterocycles. The van der Waals surface area contributed by atoms with Gasteiger partial charge in [-0.05, 0) is 6.92 Å². The molecule has 0 aromatic rings. The standard InChI is InChI=1S/C17H30O14/c1-4-7(19)11(23)14(31-16-13(25)10(22)8(20)5(2-18)30-16)17(28-4)27-3-6-9(21)12(24)15(26)29-6/h4-26H,2-3H2,1H3/t4-,5+,6-,7-,8+,9-,10-,11+,12+,13+,14+,15?,16-,17+/m0/s1. The Morgan fingerprint density at radius 2 is 1.29 bits per heavy atom. The van der Waals surface area contributed by atoms with Crippen molar-refractivity contribution in [1.29, 1.82) is 0 Å². The minimum absolute atomic E-state index is 0.413. The molecule has 3 saturated heterocycles. The fraction of sp³-hybridized carbons (Fsp3) is 1.00. The van der Waals surface area contributed by atoms with Gasteiger partial charge in [0.2, 0.25) is 0 Å². The van der Waals surface area contributed by atoms with Crippen LogP contribution in [0.5, 0.6) is 0 Å². The highest BCUT2D eigenvalue weighted by Gasteiger charge is 2.51. The monoisotopic (exact) mass is 458 g/mol. The fourth-order valence-electron chi connectivity index (χ4n) is 3.67. The van der Waals surface area contributed by atoms with Gasteiger partial charge in [0.1, 0.15) is 61.0 Å². The van der Waals surface area contributed by atoms with Crippen molar-refractivity contribution in [3.8, 4) is 0 Å². The quantitative estimate of drug-likeness (QED) is 0.181. The Labute approximate surface area is 176 Å². The Kier molecular flexibility index (Phi) is 8.21. The molecule has 0 aliphatic carbocycles. The predicted octanol–water partition coefficient (Wildman–Crippen LogP) is -5.91. The molecule has 9 N–H and O–H groups in total. The summed E-state index contributed by atoms with van der Waals surface area (Å²) >= 11 is 0. The molecule has 1 unspecified atom stereocenters. The normalized spacial score (nSPS) is 53.6. The number of rotatable bonds is 6. The molecule has 0 bridgehead atoms. The molecule has 0 amide bonds. The van der Waals surface area contributed by atoms with Crippen LogP contribution in [-0.2, 0) is 23.7 Å². The third kappa shape index (κ3) is 5.02. The first-order valence-electron chi connectivity index (χ1n) is 9.85. The Hall–Kier alpha value is -0.560. The van der Waals surface area contributed by atoms with E-state index < -0.39 is 99.2 Å². The van der Waals surface area contributed by atoms with Gasteiger partial charge < -0.3 is 69.6 Å². The summed E-state index contributed by atoms with van der Waals surface area (Å²) in [4.78, 5) is 0. The first-order valence-corrected chi connectivity index (χ1v) is 9.85. The van der Waals surface area contributed by atoms with Crippen LogP contribution in [0.4, 0.5) is 0 Å². The van der Waals surface area contributed by atoms with Gasteiger partial charge in [-0.25, -0.2) is 0 Å². The molecule has 182 valence electrons. The maximum absolute atomic E-state index is 10.5. The lowest BCUT2D eigenvalue weighted by molar-refractivity contribution is -0.366. The lowest BCUT2D eigenvalue weighted by Gasteiger charge is -2.45. The van der Waals surface area contributed by atoms with Crippen LogP contribution in [0.15, 0.2) is 0 Å². The molecular formula is C17H30O14. The summed E-state index contributed by atoms with van der Waals surface area (Å²) in [7, 11) is 0. The van der Waals surface area contributed by atoms with E-state index in [1.165, 1.54) is 6.92 Å². The lowest BCUT2D eigenvalue weighted by atomic mass is 9.97. The largest absolute Gasteiger partial charge is 0.394 e. The lowest BCUT2D eigenvalue weighted by Crippen LogP contribution is -2.64. The van der Waals surface area contributed by atoms with Crippen LogP contribution in [0, 0.1) is 0 Å². The molecule has 3 heterocycles. The van der Waals surface area contributed by atoms with Crippen molar-refractivity contribution in [2.24, 2.45) is 0 Å². The summed E-state index contributed by atoms with van der Waals surface area (Å²) in [5.74, 6) is 0. The second-order valence-electron chi connectivity index (χ2n) is 7.87. The zero-order chi connectivity index (χ0) is 23.0. The molecule has 0 aromatic carbocycles. The van der Waals surface area contributed by atoms with E-state index in [0.717, 1.165) is 0 Å². The smallest absolute Gasteiger partial charge is 0.187 e. The summed E-state index contributed by atoms with van der Waals surface area (Å²) in [6.45, 7) is 0.336. The van der Waals surface area contributed by atoms with Crippen molar-refractivity contribution in [2.75, 3.05) is 13.2 Å². The van der Waals surface area contributed by atoms with Crippen LogP contribution in [0.2, 0.25) is 0 Å². The van der Waals surface area contributed by atoms with E-state index in [-0.39, 0.29) is 0 Å². The molecule has 0 radical (unpaired) electrons. The highest BCUT2D eigenvalue weighted by Crippen LogP contribution is 2.30. The van der Waals surface area contributed by atoms with Crippen molar-refractivity contribution in [3.63, 3.8) is 0 Å². The van der Waals surface area contributed by atoms with E-state index in [9.17, 15) is 46.0 Å². The second-order valence-corrected chi connectivity index (χ2v) is 7.87. The van der Waals surface area contributed by atoms with Gasteiger partial charge in [-0.15, -0.1) is 0 Å². The Bertz CT molecular complexity index is 579. The molecule has 14 nitrogen and oxygen atoms in total. The summed E-state index contributed by atoms with van der Waals surface area (Å²) in [6, 6.07) is 0. The molecule has 3 rings (SSSR count). The van der Waals surface area contributed by atoms with Crippen molar-refractivity contribution in [1.82, 2.24) is 0 Å². The van der Waals surface area contributed by atoms with Crippen LogP contribution < -0.4 is 0 Å². The van der Waals surface area contributed by atoms with Crippen molar-refractivity contribution >= 4 is 0 Å². The van der Waals surface area contributed by atoms with E-state index in [0.29, 0.717) is 0 Å². The third-order valence-electron chi connectivity index (χ3n) is 5.69. The number of hydrogen-bond donors (Lipinski definition) is 9. The van der Waals surface area contributed by atoms with E-state index >= 15 is 0 Å². The van der Waals surface area contributed by atoms with Crippen molar-refractivity contribution in [2.45, 2.75) is 92.9 Å². The molecule has 3 fully saturated rings. The first-order chi connectivity index (χ1) is 14.6. The van der Waals surface area contributed by atoms with Crippen LogP contribution in [-0.4, -0.2) is 145 Å². The highest BCUT2D eigenvalue weighted by atomic mass is 16.8. The molecule has 3 aliphatic rings. The molecule has 14 atom stereocenters. The summed E-state index contributed by atoms with van der Waals surface area (Å²) in [5.41, 5.74) is 0. The Morgan fingerprint density at radius 1 is 0.645 bits per heavy atom. The zero-order valence-corrected chi connectivity index (χ0v) is 16.6. The summed E-state index contributed by atoms with van der Waals surface area (Å²) in [6.07, 6.45) is -20.6. The third-order valence-corrected chi connectivity index (χ3v) is 5.69. The van der Waals surface area contributed by atoms with Crippen molar-refractivity contribution < 1.29 is 69.6 Å². The number of hydrogen-bond acceptors (Lipinski definition) is 14. The van der Waals surface area contributed by atoms with Crippen LogP contribution in [0.1, 0.15) is 6.92 Å². The second kappa shape index (κ2) is 10.1. The molecule has 0 saturated carbocycles. The van der Waals surface area contributed by atoms with Crippen LogP contribution >= 0.6 is 0 Å². The van der Waals surface area contributed by atoms with E-state index in [4.69, 9.17) is 23.7 Å². The van der Waals surface area contributed by atoms with Gasteiger partial charge in [-0.1, -0.05) is 0 Å². The minimum atomic E-state index is -1.77. The number of aliphatic hydroxyl groups is 9. The topological polar surface area (TPSA) is 228 Å². The molecule has 31 heavy (non-hydrogen) atoms. The van der Waals surface area contributed by atoms with Gasteiger partial charge in [-0.3, -0.25) is 0 Å². The molecule has 0 spiro atoms. The van der Waals surface area contributed by atoms with Gasteiger partial charge in [0, 0.05) is 0 Å². The van der Waals surface area contributed by atoms with Gasteiger partial charge in [0.25, 0.3) is 0 Å². The maximum atomic E-state index is 10.5. The van der Waals surface area contributed by atoms with Crippen LogP contribution in [0.3, 0.4) is 0 Å². The summed E-state index contributed by atoms with van der Waals surface area (Å²) in [5, 5.41) is 88.7. The van der Waals surface area contributed by atoms with Crippen molar-refractivity contribution in [3.05, 3.63) is 0 Å². The summed E-state index contributed by atoms with van der Waals surface area (Å²) < 4.78 is 26.7. The van der Waals surface area contributed by atoms with Crippen LogP contribution in [0.25, 0.3) is 0 Å². The van der Waals surface area contributed by atoms with Gasteiger partial charge in [-0.2, -0.15) is 0 Å². The van der Waals surface area contributed by atoms with E-state index in [1.807, 2.05) is 0 Å². The van der Waals surface area contributed by atoms with E-state index in [2.05, 4.69) is 0 Å². The van der Waals surface area contributed by atoms with Gasteiger partial charge in [0.05, 0.1) is 19.3 Å². The maximum Gasteiger partial charge on any atom is 0.187 e. The van der Waals surface area contributed by atoms with E-state index in [1.54, 1.807) is 0 Å². The van der Waals surface area contributed by atoms with Gasteiger partial charge >= 0.3 is 0 Å². The zero-order valence-electron chi connectivity index (χ0n) is 16.6. The fourth-order valence-corrected chi connectivity index (χ4v) is 3.67. The minimum Gasteiger partial charge on any atom is -0.394 e. The predicted molar refractivity (Wildman–Crippen MR) is 93.8 cm³/mol. The molecule has 0 aromatic heterocycles. The first kappa shape index (κ1) is 25.1. The SMILES string of the molecule is C[C@@H]1O[C@@H](OC[C@@H]2OC(O)[C@H](O)[C@H]2O)[C@H](O[C@@H]2O[C@H](CO)[C@@H](O)[C@H](O)[C@H]2O)[C@H](O)[C@H]1O. The average Bonchev–Trinajstić information content (AvgIpc) is 2.99. The molecule has 14 heteroatoms. The Balaban J connectivity index is 1.70. The average molecular weight is 458 g/mol. The number of ether oxygens (including phenoxy) is 5. The van der Waals surface area contributed by atoms with Gasteiger partial charge in [0.15, 0.2) is 18.9 Å².